The molecule has 0 radical (unpaired) electrons. The first-order valence-corrected chi connectivity index (χ1v) is 11.2. The Kier molecular flexibility index (Phi) is 7.56. The van der Waals surface area contributed by atoms with Gasteiger partial charge in [-0.15, -0.1) is 0 Å². The van der Waals surface area contributed by atoms with Crippen LogP contribution in [0, 0.1) is 0 Å². The normalized spacial score (nSPS) is 14.8. The zero-order valence-electron chi connectivity index (χ0n) is 16.5. The van der Waals surface area contributed by atoms with Crippen molar-refractivity contribution in [3.8, 4) is 0 Å². The monoisotopic (exact) mass is 431 g/mol. The second-order valence-corrected chi connectivity index (χ2v) is 8.75. The number of ether oxygens (including phenoxy) is 1. The molecular formula is C21H25N3O5S. The zero-order valence-corrected chi connectivity index (χ0v) is 17.4. The molecule has 2 N–H and O–H groups in total. The number of nitrogens with one attached hydrogen (secondary N) is 2. The maximum Gasteiger partial charge on any atom is 0.251 e. The van der Waals surface area contributed by atoms with Crippen LogP contribution in [0.25, 0.3) is 0 Å². The summed E-state index contributed by atoms with van der Waals surface area (Å²) in [7, 11) is -3.69. The van der Waals surface area contributed by atoms with Gasteiger partial charge in [-0.2, -0.15) is 4.31 Å². The van der Waals surface area contributed by atoms with Gasteiger partial charge in [0.15, 0.2) is 0 Å². The molecule has 1 saturated heterocycles. The zero-order chi connectivity index (χ0) is 21.4. The number of carbonyl (C=O) groups excluding carboxylic acids is 2. The quantitative estimate of drug-likeness (QED) is 0.643. The van der Waals surface area contributed by atoms with E-state index in [2.05, 4.69) is 10.6 Å². The van der Waals surface area contributed by atoms with Gasteiger partial charge in [-0.25, -0.2) is 8.42 Å². The predicted octanol–water partition coefficient (Wildman–Crippen LogP) is 0.796. The Hall–Kier alpha value is -2.75. The average molecular weight is 432 g/mol. The van der Waals surface area contributed by atoms with E-state index in [4.69, 9.17) is 4.74 Å². The molecule has 2 aromatic carbocycles. The molecule has 0 spiro atoms. The number of carbonyl (C=O) groups is 2. The lowest BCUT2D eigenvalue weighted by molar-refractivity contribution is -0.120. The number of benzene rings is 2. The first-order valence-electron chi connectivity index (χ1n) is 9.73. The molecule has 1 fully saturated rings. The van der Waals surface area contributed by atoms with Gasteiger partial charge in [-0.05, 0) is 30.2 Å². The van der Waals surface area contributed by atoms with Gasteiger partial charge in [0.25, 0.3) is 5.91 Å². The second-order valence-electron chi connectivity index (χ2n) is 6.81. The van der Waals surface area contributed by atoms with E-state index in [1.54, 1.807) is 0 Å². The van der Waals surface area contributed by atoms with Crippen LogP contribution in [-0.2, 0) is 26.0 Å². The summed E-state index contributed by atoms with van der Waals surface area (Å²) in [5.41, 5.74) is 1.29. The largest absolute Gasteiger partial charge is 0.379 e. The van der Waals surface area contributed by atoms with Crippen molar-refractivity contribution in [2.75, 3.05) is 39.4 Å². The molecule has 3 rings (SSSR count). The molecule has 2 amide bonds. The van der Waals surface area contributed by atoms with Crippen molar-refractivity contribution in [3.63, 3.8) is 0 Å². The Morgan fingerprint density at radius 3 is 2.43 bits per heavy atom. The Morgan fingerprint density at radius 2 is 1.70 bits per heavy atom. The highest BCUT2D eigenvalue weighted by atomic mass is 32.2. The molecule has 0 saturated carbocycles. The van der Waals surface area contributed by atoms with Gasteiger partial charge in [0.1, 0.15) is 0 Å². The van der Waals surface area contributed by atoms with Crippen LogP contribution in [0.1, 0.15) is 15.9 Å². The summed E-state index contributed by atoms with van der Waals surface area (Å²) in [4.78, 5) is 24.4. The summed E-state index contributed by atoms with van der Waals surface area (Å²) in [6.07, 6.45) is 0.696. The number of amides is 2. The van der Waals surface area contributed by atoms with Crippen LogP contribution in [0.3, 0.4) is 0 Å². The molecule has 0 unspecified atom stereocenters. The second kappa shape index (κ2) is 10.3. The van der Waals surface area contributed by atoms with E-state index in [9.17, 15) is 18.0 Å². The highest BCUT2D eigenvalue weighted by Crippen LogP contribution is 2.18. The van der Waals surface area contributed by atoms with Gasteiger partial charge in [-0.3, -0.25) is 9.59 Å². The molecule has 0 atom stereocenters. The molecule has 0 aliphatic carbocycles. The predicted molar refractivity (Wildman–Crippen MR) is 112 cm³/mol. The maximum atomic E-state index is 12.7. The van der Waals surface area contributed by atoms with Gasteiger partial charge in [0.2, 0.25) is 15.9 Å². The first kappa shape index (κ1) is 21.9. The van der Waals surface area contributed by atoms with Crippen molar-refractivity contribution in [1.82, 2.24) is 14.9 Å². The van der Waals surface area contributed by atoms with Crippen molar-refractivity contribution in [3.05, 3.63) is 65.7 Å². The van der Waals surface area contributed by atoms with Crippen molar-refractivity contribution in [2.45, 2.75) is 11.3 Å². The molecule has 1 aliphatic heterocycles. The molecule has 0 aromatic heterocycles. The number of hydrogen-bond acceptors (Lipinski definition) is 5. The van der Waals surface area contributed by atoms with Crippen LogP contribution in [0.5, 0.6) is 0 Å². The molecular weight excluding hydrogens is 406 g/mol. The fourth-order valence-electron chi connectivity index (χ4n) is 3.05. The SMILES string of the molecule is O=C(CNC(=O)c1cccc(S(=O)(=O)N2CCOCC2)c1)NCCc1ccccc1. The van der Waals surface area contributed by atoms with E-state index in [1.807, 2.05) is 30.3 Å². The van der Waals surface area contributed by atoms with Crippen LogP contribution < -0.4 is 10.6 Å². The topological polar surface area (TPSA) is 105 Å². The van der Waals surface area contributed by atoms with Gasteiger partial charge < -0.3 is 15.4 Å². The number of nitrogens with zero attached hydrogens (tertiary/aromatic N) is 1. The molecule has 2 aromatic rings. The van der Waals surface area contributed by atoms with Crippen LogP contribution in [0.2, 0.25) is 0 Å². The van der Waals surface area contributed by atoms with E-state index in [0.29, 0.717) is 26.2 Å². The van der Waals surface area contributed by atoms with Crippen molar-refractivity contribution < 1.29 is 22.7 Å². The van der Waals surface area contributed by atoms with E-state index < -0.39 is 15.9 Å². The highest BCUT2D eigenvalue weighted by molar-refractivity contribution is 7.89. The fraction of sp³-hybridized carbons (Fsp3) is 0.333. The Balaban J connectivity index is 1.51. The van der Waals surface area contributed by atoms with Crippen molar-refractivity contribution >= 4 is 21.8 Å². The molecule has 1 heterocycles. The Labute approximate surface area is 176 Å². The minimum absolute atomic E-state index is 0.0457. The molecule has 30 heavy (non-hydrogen) atoms. The van der Waals surface area contributed by atoms with Crippen LogP contribution in [-0.4, -0.2) is 63.9 Å². The molecule has 0 bridgehead atoms. The Morgan fingerprint density at radius 1 is 0.967 bits per heavy atom. The van der Waals surface area contributed by atoms with Gasteiger partial charge in [-0.1, -0.05) is 36.4 Å². The smallest absolute Gasteiger partial charge is 0.251 e. The van der Waals surface area contributed by atoms with Crippen molar-refractivity contribution in [2.24, 2.45) is 0 Å². The third-order valence-corrected chi connectivity index (χ3v) is 6.59. The third-order valence-electron chi connectivity index (χ3n) is 4.69. The summed E-state index contributed by atoms with van der Waals surface area (Å²) >= 11 is 0. The summed E-state index contributed by atoms with van der Waals surface area (Å²) in [6.45, 7) is 1.53. The molecule has 160 valence electrons. The number of morpholine rings is 1. The Bertz CT molecular complexity index is 973. The van der Waals surface area contributed by atoms with E-state index >= 15 is 0 Å². The van der Waals surface area contributed by atoms with Gasteiger partial charge >= 0.3 is 0 Å². The van der Waals surface area contributed by atoms with Gasteiger partial charge in [0.05, 0.1) is 24.7 Å². The minimum atomic E-state index is -3.69. The summed E-state index contributed by atoms with van der Waals surface area (Å²) in [5.74, 6) is -0.816. The number of hydrogen-bond donors (Lipinski definition) is 2. The summed E-state index contributed by atoms with van der Waals surface area (Å²) in [6, 6.07) is 15.6. The van der Waals surface area contributed by atoms with E-state index in [0.717, 1.165) is 5.56 Å². The van der Waals surface area contributed by atoms with Crippen LogP contribution >= 0.6 is 0 Å². The minimum Gasteiger partial charge on any atom is -0.379 e. The first-order chi connectivity index (χ1) is 14.5. The van der Waals surface area contributed by atoms with Crippen LogP contribution in [0.4, 0.5) is 0 Å². The molecule has 8 nitrogen and oxygen atoms in total. The van der Waals surface area contributed by atoms with Gasteiger partial charge in [0, 0.05) is 25.2 Å². The summed E-state index contributed by atoms with van der Waals surface area (Å²) < 4.78 is 32.0. The van der Waals surface area contributed by atoms with Crippen molar-refractivity contribution in [1.29, 1.82) is 0 Å². The van der Waals surface area contributed by atoms with E-state index in [1.165, 1.54) is 28.6 Å². The molecule has 1 aliphatic rings. The maximum absolute atomic E-state index is 12.7. The highest BCUT2D eigenvalue weighted by Gasteiger charge is 2.26. The fourth-order valence-corrected chi connectivity index (χ4v) is 4.50. The lowest BCUT2D eigenvalue weighted by Gasteiger charge is -2.26. The summed E-state index contributed by atoms with van der Waals surface area (Å²) in [5, 5.41) is 5.27. The lowest BCUT2D eigenvalue weighted by atomic mass is 10.1. The molecule has 9 heteroatoms. The average Bonchev–Trinajstić information content (AvgIpc) is 2.79. The lowest BCUT2D eigenvalue weighted by Crippen LogP contribution is -2.40. The van der Waals surface area contributed by atoms with Crippen LogP contribution in [0.15, 0.2) is 59.5 Å². The standard InChI is InChI=1S/C21H25N3O5S/c25-20(22-10-9-17-5-2-1-3-6-17)16-23-21(26)18-7-4-8-19(15-18)30(27,28)24-11-13-29-14-12-24/h1-8,15H,9-14,16H2,(H,22,25)(H,23,26). The number of sulfonamides is 1. The number of rotatable bonds is 8. The third kappa shape index (κ3) is 5.88. The van der Waals surface area contributed by atoms with E-state index in [-0.39, 0.29) is 36.0 Å².